The number of guanidine groups is 1. The monoisotopic (exact) mass is 248 g/mol. The summed E-state index contributed by atoms with van der Waals surface area (Å²) in [6.45, 7) is 3.38. The van der Waals surface area contributed by atoms with E-state index in [2.05, 4.69) is 17.2 Å². The molecule has 1 rings (SSSR count). The molecule has 0 saturated heterocycles. The normalized spacial score (nSPS) is 11.3. The van der Waals surface area contributed by atoms with Crippen LogP contribution >= 0.6 is 0 Å². The predicted molar refractivity (Wildman–Crippen MR) is 73.2 cm³/mol. The molecular weight excluding hydrogens is 228 g/mol. The number of carbonyl (C=O) groups excluding carboxylic acids is 1. The summed E-state index contributed by atoms with van der Waals surface area (Å²) in [4.78, 5) is 15.2. The molecule has 0 unspecified atom stereocenters. The molecule has 1 aromatic rings. The highest BCUT2D eigenvalue weighted by Crippen LogP contribution is 2.05. The zero-order chi connectivity index (χ0) is 13.4. The van der Waals surface area contributed by atoms with E-state index in [4.69, 9.17) is 11.5 Å². The van der Waals surface area contributed by atoms with E-state index >= 15 is 0 Å². The van der Waals surface area contributed by atoms with Crippen LogP contribution in [0.4, 0.5) is 0 Å². The molecule has 0 radical (unpaired) electrons. The third kappa shape index (κ3) is 4.86. The van der Waals surface area contributed by atoms with E-state index in [0.717, 1.165) is 24.9 Å². The van der Waals surface area contributed by atoms with Crippen LogP contribution in [0.2, 0.25) is 0 Å². The van der Waals surface area contributed by atoms with Crippen molar-refractivity contribution in [2.24, 2.45) is 16.5 Å². The van der Waals surface area contributed by atoms with Crippen molar-refractivity contribution in [2.45, 2.75) is 26.3 Å². The van der Waals surface area contributed by atoms with Crippen molar-refractivity contribution >= 4 is 11.9 Å². The SMILES string of the molecule is CCCCNC(N)=NCc1cccc(C(N)=O)c1. The smallest absolute Gasteiger partial charge is 0.248 e. The summed E-state index contributed by atoms with van der Waals surface area (Å²) in [6.07, 6.45) is 2.17. The molecule has 0 spiro atoms. The molecule has 0 aromatic heterocycles. The first-order valence-corrected chi connectivity index (χ1v) is 6.06. The van der Waals surface area contributed by atoms with Crippen LogP contribution in [0.5, 0.6) is 0 Å². The Kier molecular flexibility index (Phi) is 5.70. The van der Waals surface area contributed by atoms with Crippen LogP contribution in [-0.2, 0) is 6.54 Å². The average molecular weight is 248 g/mol. The van der Waals surface area contributed by atoms with Gasteiger partial charge >= 0.3 is 0 Å². The molecule has 98 valence electrons. The van der Waals surface area contributed by atoms with Crippen molar-refractivity contribution in [3.05, 3.63) is 35.4 Å². The largest absolute Gasteiger partial charge is 0.370 e. The molecule has 5 N–H and O–H groups in total. The van der Waals surface area contributed by atoms with Crippen molar-refractivity contribution in [3.63, 3.8) is 0 Å². The summed E-state index contributed by atoms with van der Waals surface area (Å²) in [6, 6.07) is 7.07. The Balaban J connectivity index is 2.54. The van der Waals surface area contributed by atoms with Gasteiger partial charge in [-0.1, -0.05) is 25.5 Å². The summed E-state index contributed by atoms with van der Waals surface area (Å²) >= 11 is 0. The quantitative estimate of drug-likeness (QED) is 0.398. The van der Waals surface area contributed by atoms with Crippen LogP contribution < -0.4 is 16.8 Å². The van der Waals surface area contributed by atoms with Crippen LogP contribution in [0.15, 0.2) is 29.3 Å². The van der Waals surface area contributed by atoms with Crippen LogP contribution in [0.3, 0.4) is 0 Å². The number of benzene rings is 1. The molecule has 0 aliphatic carbocycles. The second-order valence-electron chi connectivity index (χ2n) is 4.05. The lowest BCUT2D eigenvalue weighted by atomic mass is 10.1. The molecule has 0 atom stereocenters. The number of aliphatic imine (C=N–C) groups is 1. The fraction of sp³-hybridized carbons (Fsp3) is 0.385. The fourth-order valence-electron chi connectivity index (χ4n) is 1.45. The zero-order valence-corrected chi connectivity index (χ0v) is 10.6. The van der Waals surface area contributed by atoms with Gasteiger partial charge in [-0.2, -0.15) is 0 Å². The molecule has 0 bridgehead atoms. The molecular formula is C13H20N4O. The van der Waals surface area contributed by atoms with Gasteiger partial charge in [0.15, 0.2) is 5.96 Å². The zero-order valence-electron chi connectivity index (χ0n) is 10.6. The van der Waals surface area contributed by atoms with Crippen molar-refractivity contribution < 1.29 is 4.79 Å². The van der Waals surface area contributed by atoms with Gasteiger partial charge in [-0.25, -0.2) is 4.99 Å². The van der Waals surface area contributed by atoms with E-state index in [1.165, 1.54) is 0 Å². The molecule has 0 fully saturated rings. The number of primary amides is 1. The second-order valence-corrected chi connectivity index (χ2v) is 4.05. The fourth-order valence-corrected chi connectivity index (χ4v) is 1.45. The number of nitrogens with two attached hydrogens (primary N) is 2. The number of carbonyl (C=O) groups is 1. The van der Waals surface area contributed by atoms with Crippen molar-refractivity contribution in [1.29, 1.82) is 0 Å². The maximum Gasteiger partial charge on any atom is 0.248 e. The summed E-state index contributed by atoms with van der Waals surface area (Å²) in [5, 5.41) is 3.03. The first-order chi connectivity index (χ1) is 8.63. The maximum atomic E-state index is 11.0. The minimum Gasteiger partial charge on any atom is -0.370 e. The molecule has 1 amide bonds. The van der Waals surface area contributed by atoms with Crippen molar-refractivity contribution in [3.8, 4) is 0 Å². The lowest BCUT2D eigenvalue weighted by molar-refractivity contribution is 0.1000. The molecule has 5 heteroatoms. The minimum absolute atomic E-state index is 0.424. The molecule has 0 saturated carbocycles. The Morgan fingerprint density at radius 1 is 1.39 bits per heavy atom. The van der Waals surface area contributed by atoms with Gasteiger partial charge in [-0.05, 0) is 24.1 Å². The van der Waals surface area contributed by atoms with Crippen LogP contribution in [0, 0.1) is 0 Å². The molecule has 0 aliphatic rings. The number of nitrogens with zero attached hydrogens (tertiary/aromatic N) is 1. The third-order valence-corrected chi connectivity index (χ3v) is 2.48. The molecule has 0 aliphatic heterocycles. The van der Waals surface area contributed by atoms with Crippen LogP contribution in [-0.4, -0.2) is 18.4 Å². The summed E-state index contributed by atoms with van der Waals surface area (Å²) in [7, 11) is 0. The predicted octanol–water partition coefficient (Wildman–Crippen LogP) is 0.990. The highest BCUT2D eigenvalue weighted by Gasteiger charge is 2.00. The Labute approximate surface area is 107 Å². The van der Waals surface area contributed by atoms with Gasteiger partial charge in [-0.3, -0.25) is 4.79 Å². The summed E-state index contributed by atoms with van der Waals surface area (Å²) in [5.74, 6) is -0.0113. The van der Waals surface area contributed by atoms with Gasteiger partial charge in [0.25, 0.3) is 0 Å². The van der Waals surface area contributed by atoms with Crippen LogP contribution in [0.25, 0.3) is 0 Å². The van der Waals surface area contributed by atoms with E-state index in [1.807, 2.05) is 6.07 Å². The average Bonchev–Trinajstić information content (AvgIpc) is 2.37. The molecule has 1 aromatic carbocycles. The van der Waals surface area contributed by atoms with Gasteiger partial charge in [0.2, 0.25) is 5.91 Å². The van der Waals surface area contributed by atoms with Gasteiger partial charge in [0.05, 0.1) is 6.54 Å². The van der Waals surface area contributed by atoms with Crippen molar-refractivity contribution in [2.75, 3.05) is 6.54 Å². The number of rotatable bonds is 6. The first kappa shape index (κ1) is 14.0. The number of amides is 1. The number of hydrogen-bond donors (Lipinski definition) is 3. The van der Waals surface area contributed by atoms with Crippen molar-refractivity contribution in [1.82, 2.24) is 5.32 Å². The third-order valence-electron chi connectivity index (χ3n) is 2.48. The second kappa shape index (κ2) is 7.32. The number of nitrogens with one attached hydrogen (secondary N) is 1. The minimum atomic E-state index is -0.435. The van der Waals surface area contributed by atoms with Gasteiger partial charge < -0.3 is 16.8 Å². The van der Waals surface area contributed by atoms with E-state index < -0.39 is 5.91 Å². The Morgan fingerprint density at radius 3 is 2.83 bits per heavy atom. The highest BCUT2D eigenvalue weighted by molar-refractivity contribution is 5.92. The molecule has 5 nitrogen and oxygen atoms in total. The lowest BCUT2D eigenvalue weighted by Crippen LogP contribution is -2.32. The van der Waals surface area contributed by atoms with Gasteiger partial charge in [-0.15, -0.1) is 0 Å². The standard InChI is InChI=1S/C13H20N4O/c1-2-3-7-16-13(15)17-9-10-5-4-6-11(8-10)12(14)18/h4-6,8H,2-3,7,9H2,1H3,(H2,14,18)(H3,15,16,17). The van der Waals surface area contributed by atoms with E-state index in [1.54, 1.807) is 18.2 Å². The molecule has 18 heavy (non-hydrogen) atoms. The van der Waals surface area contributed by atoms with E-state index in [9.17, 15) is 4.79 Å². The summed E-state index contributed by atoms with van der Waals surface area (Å²) in [5.41, 5.74) is 12.3. The van der Waals surface area contributed by atoms with Crippen LogP contribution in [0.1, 0.15) is 35.7 Å². The lowest BCUT2D eigenvalue weighted by Gasteiger charge is -2.04. The first-order valence-electron chi connectivity index (χ1n) is 6.06. The number of unbranched alkanes of at least 4 members (excludes halogenated alkanes) is 1. The maximum absolute atomic E-state index is 11.0. The Hall–Kier alpha value is -2.04. The Morgan fingerprint density at radius 2 is 2.17 bits per heavy atom. The molecule has 0 heterocycles. The van der Waals surface area contributed by atoms with Gasteiger partial charge in [0, 0.05) is 12.1 Å². The van der Waals surface area contributed by atoms with E-state index in [-0.39, 0.29) is 0 Å². The summed E-state index contributed by atoms with van der Waals surface area (Å²) < 4.78 is 0. The highest BCUT2D eigenvalue weighted by atomic mass is 16.1. The van der Waals surface area contributed by atoms with Gasteiger partial charge in [0.1, 0.15) is 0 Å². The van der Waals surface area contributed by atoms with E-state index in [0.29, 0.717) is 18.1 Å². The number of hydrogen-bond acceptors (Lipinski definition) is 2. The topological polar surface area (TPSA) is 93.5 Å². The Bertz CT molecular complexity index is 429.